The molecule has 1 aromatic carbocycles. The van der Waals surface area contributed by atoms with Crippen LogP contribution >= 0.6 is 0 Å². The van der Waals surface area contributed by atoms with Crippen LogP contribution in [-0.2, 0) is 16.0 Å². The summed E-state index contributed by atoms with van der Waals surface area (Å²) in [6.07, 6.45) is -6.99. The Morgan fingerprint density at radius 2 is 1.82 bits per heavy atom. The lowest BCUT2D eigenvalue weighted by atomic mass is 10.0. The number of ketones is 2. The lowest BCUT2D eigenvalue weighted by Gasteiger charge is -2.05. The Balaban J connectivity index is 2.70. The van der Waals surface area contributed by atoms with Gasteiger partial charge in [0.05, 0.1) is 0 Å². The van der Waals surface area contributed by atoms with E-state index < -0.39 is 36.4 Å². The van der Waals surface area contributed by atoms with Gasteiger partial charge in [-0.25, -0.2) is 17.6 Å². The molecular formula is C11H8F4O2. The molecule has 0 aliphatic carbocycles. The number of rotatable bonds is 5. The minimum atomic E-state index is -3.53. The first kappa shape index (κ1) is 13.3. The lowest BCUT2D eigenvalue weighted by molar-refractivity contribution is -0.141. The van der Waals surface area contributed by atoms with Crippen LogP contribution in [-0.4, -0.2) is 24.2 Å². The molecular weight excluding hydrogens is 240 g/mol. The van der Waals surface area contributed by atoms with Crippen LogP contribution in [0.1, 0.15) is 5.56 Å². The monoisotopic (exact) mass is 248 g/mol. The summed E-state index contributed by atoms with van der Waals surface area (Å²) < 4.78 is 49.3. The third kappa shape index (κ3) is 3.65. The van der Waals surface area contributed by atoms with Crippen LogP contribution in [0.3, 0.4) is 0 Å². The van der Waals surface area contributed by atoms with Crippen molar-refractivity contribution in [3.63, 3.8) is 0 Å². The molecule has 0 saturated carbocycles. The zero-order valence-electron chi connectivity index (χ0n) is 8.50. The molecule has 1 atom stereocenters. The molecule has 1 rings (SSSR count). The second-order valence-corrected chi connectivity index (χ2v) is 3.34. The molecule has 2 nitrogen and oxygen atoms in total. The Morgan fingerprint density at radius 1 is 1.18 bits per heavy atom. The van der Waals surface area contributed by atoms with Gasteiger partial charge in [0.2, 0.25) is 12.0 Å². The second kappa shape index (κ2) is 5.56. The van der Waals surface area contributed by atoms with Gasteiger partial charge in [-0.05, 0) is 17.7 Å². The summed E-state index contributed by atoms with van der Waals surface area (Å²) in [7, 11) is 0. The predicted octanol–water partition coefficient (Wildman–Crippen LogP) is 2.11. The van der Waals surface area contributed by atoms with Crippen molar-refractivity contribution < 1.29 is 27.2 Å². The summed E-state index contributed by atoms with van der Waals surface area (Å²) in [4.78, 5) is 21.6. The SMILES string of the molecule is O=C(Cc1cccc(F)c1)C(F)C(=O)C(F)F. The number of halogens is 4. The van der Waals surface area contributed by atoms with Crippen molar-refractivity contribution in [2.45, 2.75) is 19.0 Å². The second-order valence-electron chi connectivity index (χ2n) is 3.34. The Kier molecular flexibility index (Phi) is 4.37. The number of carbonyl (C=O) groups excluding carboxylic acids is 2. The Bertz CT molecular complexity index is 431. The zero-order chi connectivity index (χ0) is 13.0. The minimum absolute atomic E-state index is 0.125. The molecule has 1 unspecified atom stereocenters. The maximum absolute atomic E-state index is 13.0. The van der Waals surface area contributed by atoms with E-state index in [0.717, 1.165) is 12.1 Å². The average molecular weight is 248 g/mol. The third-order valence-corrected chi connectivity index (χ3v) is 2.01. The van der Waals surface area contributed by atoms with Crippen LogP contribution in [0.15, 0.2) is 24.3 Å². The Labute approximate surface area is 94.2 Å². The van der Waals surface area contributed by atoms with Gasteiger partial charge in [-0.3, -0.25) is 9.59 Å². The Morgan fingerprint density at radius 3 is 2.35 bits per heavy atom. The van der Waals surface area contributed by atoms with Gasteiger partial charge in [0.15, 0.2) is 5.78 Å². The Hall–Kier alpha value is -1.72. The highest BCUT2D eigenvalue weighted by Gasteiger charge is 2.32. The molecule has 0 aliphatic rings. The van der Waals surface area contributed by atoms with Crippen molar-refractivity contribution in [3.05, 3.63) is 35.6 Å². The number of alkyl halides is 3. The van der Waals surface area contributed by atoms with Crippen LogP contribution in [0, 0.1) is 5.82 Å². The van der Waals surface area contributed by atoms with Gasteiger partial charge in [-0.2, -0.15) is 0 Å². The van der Waals surface area contributed by atoms with Gasteiger partial charge in [0.25, 0.3) is 6.43 Å². The van der Waals surface area contributed by atoms with E-state index in [2.05, 4.69) is 0 Å². The van der Waals surface area contributed by atoms with Crippen molar-refractivity contribution in [1.29, 1.82) is 0 Å². The maximum atomic E-state index is 13.0. The van der Waals surface area contributed by atoms with Gasteiger partial charge in [-0.15, -0.1) is 0 Å². The molecule has 0 radical (unpaired) electrons. The third-order valence-electron chi connectivity index (χ3n) is 2.01. The topological polar surface area (TPSA) is 34.1 Å². The highest BCUT2D eigenvalue weighted by molar-refractivity contribution is 6.07. The highest BCUT2D eigenvalue weighted by Crippen LogP contribution is 2.10. The fourth-order valence-corrected chi connectivity index (χ4v) is 1.21. The molecule has 17 heavy (non-hydrogen) atoms. The first-order valence-electron chi connectivity index (χ1n) is 4.65. The molecule has 0 aliphatic heterocycles. The van der Waals surface area contributed by atoms with Crippen LogP contribution < -0.4 is 0 Å². The van der Waals surface area contributed by atoms with Gasteiger partial charge < -0.3 is 0 Å². The molecule has 92 valence electrons. The van der Waals surface area contributed by atoms with Crippen molar-refractivity contribution in [2.24, 2.45) is 0 Å². The molecule has 6 heteroatoms. The van der Waals surface area contributed by atoms with Crippen LogP contribution in [0.5, 0.6) is 0 Å². The van der Waals surface area contributed by atoms with Gasteiger partial charge in [0, 0.05) is 6.42 Å². The fraction of sp³-hybridized carbons (Fsp3) is 0.273. The number of hydrogen-bond acceptors (Lipinski definition) is 2. The number of benzene rings is 1. The van der Waals surface area contributed by atoms with E-state index in [4.69, 9.17) is 0 Å². The summed E-state index contributed by atoms with van der Waals surface area (Å²) in [6, 6.07) is 4.71. The molecule has 0 amide bonds. The molecule has 0 heterocycles. The quantitative estimate of drug-likeness (QED) is 0.590. The smallest absolute Gasteiger partial charge is 0.296 e. The zero-order valence-corrected chi connectivity index (χ0v) is 8.50. The largest absolute Gasteiger partial charge is 0.299 e. The summed E-state index contributed by atoms with van der Waals surface area (Å²) >= 11 is 0. The molecule has 0 saturated heterocycles. The first-order valence-corrected chi connectivity index (χ1v) is 4.65. The van der Waals surface area contributed by atoms with E-state index >= 15 is 0 Å². The number of Topliss-reactive ketones (excluding diaryl/α,β-unsaturated/α-hetero) is 2. The summed E-state index contributed by atoms with van der Waals surface area (Å²) in [5.41, 5.74) is 0.125. The molecule has 0 aromatic heterocycles. The lowest BCUT2D eigenvalue weighted by Crippen LogP contribution is -2.31. The van der Waals surface area contributed by atoms with Crippen molar-refractivity contribution >= 4 is 11.6 Å². The molecule has 0 spiro atoms. The van der Waals surface area contributed by atoms with Crippen molar-refractivity contribution in [3.8, 4) is 0 Å². The van der Waals surface area contributed by atoms with Crippen LogP contribution in [0.25, 0.3) is 0 Å². The fourth-order valence-electron chi connectivity index (χ4n) is 1.21. The summed E-state index contributed by atoms with van der Waals surface area (Å²) in [5.74, 6) is -4.00. The summed E-state index contributed by atoms with van der Waals surface area (Å²) in [5, 5.41) is 0. The molecule has 0 bridgehead atoms. The minimum Gasteiger partial charge on any atom is -0.296 e. The van der Waals surface area contributed by atoms with Crippen molar-refractivity contribution in [1.82, 2.24) is 0 Å². The van der Waals surface area contributed by atoms with Crippen LogP contribution in [0.2, 0.25) is 0 Å². The first-order chi connectivity index (χ1) is 7.91. The number of carbonyl (C=O) groups is 2. The maximum Gasteiger partial charge on any atom is 0.299 e. The molecule has 0 fully saturated rings. The van der Waals surface area contributed by atoms with E-state index in [-0.39, 0.29) is 5.56 Å². The number of hydrogen-bond donors (Lipinski definition) is 0. The predicted molar refractivity (Wildman–Crippen MR) is 51.0 cm³/mol. The molecule has 1 aromatic rings. The van der Waals surface area contributed by atoms with E-state index in [9.17, 15) is 27.2 Å². The van der Waals surface area contributed by atoms with E-state index in [0.29, 0.717) is 0 Å². The van der Waals surface area contributed by atoms with Crippen LogP contribution in [0.4, 0.5) is 17.6 Å². The molecule has 0 N–H and O–H groups in total. The van der Waals surface area contributed by atoms with E-state index in [1.165, 1.54) is 12.1 Å². The van der Waals surface area contributed by atoms with Gasteiger partial charge >= 0.3 is 0 Å². The summed E-state index contributed by atoms with van der Waals surface area (Å²) in [6.45, 7) is 0. The van der Waals surface area contributed by atoms with Crippen molar-refractivity contribution in [2.75, 3.05) is 0 Å². The van der Waals surface area contributed by atoms with Gasteiger partial charge in [-0.1, -0.05) is 12.1 Å². The van der Waals surface area contributed by atoms with Gasteiger partial charge in [0.1, 0.15) is 5.82 Å². The normalized spacial score (nSPS) is 12.5. The average Bonchev–Trinajstić information content (AvgIpc) is 2.26. The highest BCUT2D eigenvalue weighted by atomic mass is 19.3. The van der Waals surface area contributed by atoms with E-state index in [1.54, 1.807) is 0 Å². The standard InChI is InChI=1S/C11H8F4O2/c12-7-3-1-2-6(4-7)5-8(16)9(13)10(17)11(14)15/h1-4,9,11H,5H2. The van der Waals surface area contributed by atoms with E-state index in [1.807, 2.05) is 0 Å².